The van der Waals surface area contributed by atoms with Crippen molar-refractivity contribution in [1.29, 1.82) is 0 Å². The number of nitrogens with one attached hydrogen (secondary N) is 1. The average Bonchev–Trinajstić information content (AvgIpc) is 3.73. The molecule has 3 fully saturated rings. The van der Waals surface area contributed by atoms with Crippen LogP contribution in [0.3, 0.4) is 0 Å². The lowest BCUT2D eigenvalue weighted by atomic mass is 9.90. The van der Waals surface area contributed by atoms with Gasteiger partial charge in [0, 0.05) is 25.6 Å². The van der Waals surface area contributed by atoms with Crippen molar-refractivity contribution < 1.29 is 22.7 Å². The first-order valence-electron chi connectivity index (χ1n) is 12.1. The van der Waals surface area contributed by atoms with Crippen LogP contribution < -0.4 is 15.0 Å². The van der Waals surface area contributed by atoms with Gasteiger partial charge < -0.3 is 15.0 Å². The molecule has 3 aliphatic rings. The molecule has 1 amide bonds. The molecule has 2 unspecified atom stereocenters. The highest BCUT2D eigenvalue weighted by atomic mass is 35.5. The van der Waals surface area contributed by atoms with Crippen LogP contribution in [0.2, 0.25) is 5.02 Å². The fourth-order valence-electron chi connectivity index (χ4n) is 5.05. The van der Waals surface area contributed by atoms with Crippen LogP contribution in [0.1, 0.15) is 37.7 Å². The number of benzene rings is 1. The number of carbonyl (C=O) groups is 1. The standard InChI is InChI=1S/C25H28ClF3N4O2/c26-18-13-30-24(31-14-18)33-6-3-15(4-7-33)20-9-16(20)5-8-35-19-2-1-17(21(27)11-19)10-23(34)32-22-12-25(22,28)29/h1-2,11,13-16,20,22H,3-10,12H2,(H,32,34)/t16-,20?,22?/m1/s1. The van der Waals surface area contributed by atoms with E-state index in [2.05, 4.69) is 20.2 Å². The Morgan fingerprint density at radius 1 is 1.23 bits per heavy atom. The Morgan fingerprint density at radius 2 is 1.94 bits per heavy atom. The maximum atomic E-state index is 14.4. The lowest BCUT2D eigenvalue weighted by Crippen LogP contribution is -2.35. The van der Waals surface area contributed by atoms with Crippen molar-refractivity contribution >= 4 is 23.5 Å². The van der Waals surface area contributed by atoms with Crippen molar-refractivity contribution in [3.63, 3.8) is 0 Å². The van der Waals surface area contributed by atoms with Crippen molar-refractivity contribution in [2.24, 2.45) is 17.8 Å². The van der Waals surface area contributed by atoms with Gasteiger partial charge in [-0.25, -0.2) is 23.1 Å². The molecule has 1 N–H and O–H groups in total. The zero-order valence-electron chi connectivity index (χ0n) is 19.2. The minimum Gasteiger partial charge on any atom is -0.493 e. The molecule has 1 aliphatic heterocycles. The topological polar surface area (TPSA) is 67.3 Å². The Bertz CT molecular complexity index is 1060. The Kier molecular flexibility index (Phi) is 6.79. The van der Waals surface area contributed by atoms with Crippen LogP contribution in [0.5, 0.6) is 5.75 Å². The number of alkyl halides is 2. The van der Waals surface area contributed by atoms with E-state index in [0.29, 0.717) is 35.1 Å². The van der Waals surface area contributed by atoms with E-state index in [9.17, 15) is 18.0 Å². The van der Waals surface area contributed by atoms with Crippen molar-refractivity contribution in [1.82, 2.24) is 15.3 Å². The van der Waals surface area contributed by atoms with Gasteiger partial charge >= 0.3 is 0 Å². The van der Waals surface area contributed by atoms with Gasteiger partial charge in [-0.2, -0.15) is 0 Å². The SMILES string of the molecule is O=C(Cc1ccc(OCC[C@@H]2CC2C2CCN(c3ncc(Cl)cn3)CC2)cc1F)NC1CC1(F)F. The first kappa shape index (κ1) is 24.2. The summed E-state index contributed by atoms with van der Waals surface area (Å²) < 4.78 is 45.9. The molecule has 10 heteroatoms. The smallest absolute Gasteiger partial charge is 0.270 e. The van der Waals surface area contributed by atoms with E-state index in [1.807, 2.05) is 0 Å². The second kappa shape index (κ2) is 9.84. The molecule has 2 aliphatic carbocycles. The molecule has 2 heterocycles. The predicted molar refractivity (Wildman–Crippen MR) is 125 cm³/mol. The van der Waals surface area contributed by atoms with Crippen LogP contribution in [0.25, 0.3) is 0 Å². The van der Waals surface area contributed by atoms with E-state index in [-0.39, 0.29) is 18.4 Å². The van der Waals surface area contributed by atoms with Gasteiger partial charge in [0.25, 0.3) is 5.92 Å². The fraction of sp³-hybridized carbons (Fsp3) is 0.560. The van der Waals surface area contributed by atoms with Crippen molar-refractivity contribution in [3.8, 4) is 5.75 Å². The van der Waals surface area contributed by atoms with Crippen LogP contribution in [0.4, 0.5) is 19.1 Å². The molecule has 3 atom stereocenters. The number of hydrogen-bond acceptors (Lipinski definition) is 5. The monoisotopic (exact) mass is 508 g/mol. The molecule has 0 bridgehead atoms. The van der Waals surface area contributed by atoms with Crippen molar-refractivity contribution in [2.45, 2.75) is 50.5 Å². The number of hydrogen-bond donors (Lipinski definition) is 1. The number of piperidine rings is 1. The summed E-state index contributed by atoms with van der Waals surface area (Å²) in [6, 6.07) is 3.23. The van der Waals surface area contributed by atoms with Gasteiger partial charge in [0.1, 0.15) is 11.6 Å². The van der Waals surface area contributed by atoms with E-state index >= 15 is 0 Å². The van der Waals surface area contributed by atoms with Crippen LogP contribution in [-0.2, 0) is 11.2 Å². The highest BCUT2D eigenvalue weighted by Gasteiger charge is 2.57. The van der Waals surface area contributed by atoms with E-state index in [1.54, 1.807) is 18.5 Å². The lowest BCUT2D eigenvalue weighted by Gasteiger charge is -2.32. The summed E-state index contributed by atoms with van der Waals surface area (Å²) in [6.07, 6.45) is 6.99. The zero-order chi connectivity index (χ0) is 24.6. The number of anilines is 1. The number of ether oxygens (including phenoxy) is 1. The molecule has 2 saturated carbocycles. The van der Waals surface area contributed by atoms with Crippen LogP contribution in [-0.4, -0.2) is 47.5 Å². The van der Waals surface area contributed by atoms with Crippen molar-refractivity contribution in [2.75, 3.05) is 24.6 Å². The van der Waals surface area contributed by atoms with Gasteiger partial charge in [-0.15, -0.1) is 0 Å². The predicted octanol–water partition coefficient (Wildman–Crippen LogP) is 4.66. The Balaban J connectivity index is 1.01. The summed E-state index contributed by atoms with van der Waals surface area (Å²) in [7, 11) is 0. The lowest BCUT2D eigenvalue weighted by molar-refractivity contribution is -0.121. The van der Waals surface area contributed by atoms with Gasteiger partial charge in [-0.3, -0.25) is 4.79 Å². The van der Waals surface area contributed by atoms with Crippen LogP contribution >= 0.6 is 11.6 Å². The molecular formula is C25H28ClF3N4O2. The Labute approximate surface area is 207 Å². The van der Waals surface area contributed by atoms with E-state index in [4.69, 9.17) is 16.3 Å². The number of rotatable bonds is 9. The van der Waals surface area contributed by atoms with Crippen molar-refractivity contribution in [3.05, 3.63) is 47.0 Å². The molecular weight excluding hydrogens is 481 g/mol. The molecule has 0 radical (unpaired) electrons. The molecule has 1 aromatic heterocycles. The summed E-state index contributed by atoms with van der Waals surface area (Å²) in [5.74, 6) is -0.828. The number of amides is 1. The third kappa shape index (κ3) is 6.00. The quantitative estimate of drug-likeness (QED) is 0.534. The Hall–Kier alpha value is -2.55. The summed E-state index contributed by atoms with van der Waals surface area (Å²) in [5.41, 5.74) is 0.163. The molecule has 1 saturated heterocycles. The molecule has 5 rings (SSSR count). The fourth-order valence-corrected chi connectivity index (χ4v) is 5.15. The molecule has 188 valence electrons. The molecule has 1 aromatic carbocycles. The van der Waals surface area contributed by atoms with Gasteiger partial charge in [0.05, 0.1) is 36.5 Å². The second-order valence-corrected chi connectivity index (χ2v) is 10.3. The molecule has 0 spiro atoms. The van der Waals surface area contributed by atoms with Crippen LogP contribution in [0.15, 0.2) is 30.6 Å². The van der Waals surface area contributed by atoms with E-state index in [1.165, 1.54) is 18.6 Å². The number of aromatic nitrogens is 2. The third-order valence-corrected chi connectivity index (χ3v) is 7.50. The summed E-state index contributed by atoms with van der Waals surface area (Å²) in [5, 5.41) is 2.77. The number of carbonyl (C=O) groups excluding carboxylic acids is 1. The minimum absolute atomic E-state index is 0.163. The molecule has 2 aromatic rings. The van der Waals surface area contributed by atoms with Gasteiger partial charge in [0.15, 0.2) is 0 Å². The van der Waals surface area contributed by atoms with Gasteiger partial charge in [0.2, 0.25) is 11.9 Å². The zero-order valence-corrected chi connectivity index (χ0v) is 20.0. The number of halogens is 4. The van der Waals surface area contributed by atoms with Gasteiger partial charge in [-0.1, -0.05) is 17.7 Å². The summed E-state index contributed by atoms with van der Waals surface area (Å²) in [4.78, 5) is 22.7. The third-order valence-electron chi connectivity index (χ3n) is 7.31. The first-order chi connectivity index (χ1) is 16.8. The van der Waals surface area contributed by atoms with E-state index < -0.39 is 23.7 Å². The Morgan fingerprint density at radius 3 is 2.60 bits per heavy atom. The largest absolute Gasteiger partial charge is 0.493 e. The second-order valence-electron chi connectivity index (χ2n) is 9.84. The van der Waals surface area contributed by atoms with E-state index in [0.717, 1.165) is 38.3 Å². The minimum atomic E-state index is -2.84. The number of nitrogens with zero attached hydrogens (tertiary/aromatic N) is 3. The molecule has 35 heavy (non-hydrogen) atoms. The summed E-state index contributed by atoms with van der Waals surface area (Å²) in [6.45, 7) is 2.40. The van der Waals surface area contributed by atoms with Gasteiger partial charge in [-0.05, 0) is 55.1 Å². The maximum absolute atomic E-state index is 14.4. The highest BCUT2D eigenvalue weighted by Crippen LogP contribution is 2.50. The highest BCUT2D eigenvalue weighted by molar-refractivity contribution is 6.30. The first-order valence-corrected chi connectivity index (χ1v) is 12.5. The molecule has 6 nitrogen and oxygen atoms in total. The van der Waals surface area contributed by atoms with Crippen LogP contribution in [0, 0.1) is 23.6 Å². The summed E-state index contributed by atoms with van der Waals surface area (Å²) >= 11 is 5.87. The average molecular weight is 509 g/mol. The normalized spacial score (nSPS) is 25.3. The maximum Gasteiger partial charge on any atom is 0.270 e.